The molecule has 31 heavy (non-hydrogen) atoms. The minimum atomic E-state index is -0.436. The molecule has 0 saturated heterocycles. The van der Waals surface area contributed by atoms with Crippen molar-refractivity contribution in [2.24, 2.45) is 0 Å². The van der Waals surface area contributed by atoms with Crippen molar-refractivity contribution in [3.05, 3.63) is 87.9 Å². The lowest BCUT2D eigenvalue weighted by Crippen LogP contribution is -2.29. The van der Waals surface area contributed by atoms with Crippen LogP contribution in [0.5, 0.6) is 0 Å². The van der Waals surface area contributed by atoms with E-state index in [0.29, 0.717) is 10.8 Å². The molecule has 1 aliphatic heterocycles. The molecule has 9 heteroatoms. The van der Waals surface area contributed by atoms with E-state index in [9.17, 15) is 14.4 Å². The van der Waals surface area contributed by atoms with Crippen LogP contribution >= 0.6 is 22.7 Å². The summed E-state index contributed by atoms with van der Waals surface area (Å²) in [7, 11) is 0. The van der Waals surface area contributed by atoms with E-state index in [4.69, 9.17) is 0 Å². The van der Waals surface area contributed by atoms with Gasteiger partial charge in [-0.25, -0.2) is 4.98 Å². The Morgan fingerprint density at radius 2 is 1.87 bits per heavy atom. The van der Waals surface area contributed by atoms with E-state index in [0.717, 1.165) is 15.5 Å². The topological polar surface area (TPSA) is 92.3 Å². The second-order valence-corrected chi connectivity index (χ2v) is 8.55. The molecule has 1 aliphatic rings. The van der Waals surface area contributed by atoms with E-state index < -0.39 is 17.7 Å². The van der Waals surface area contributed by atoms with Crippen molar-refractivity contribution in [1.82, 2.24) is 14.9 Å². The van der Waals surface area contributed by atoms with Crippen LogP contribution in [-0.4, -0.2) is 32.6 Å². The maximum absolute atomic E-state index is 12.8. The number of benzene rings is 1. The summed E-state index contributed by atoms with van der Waals surface area (Å²) in [5.41, 5.74) is 2.20. The van der Waals surface area contributed by atoms with Crippen molar-refractivity contribution in [2.45, 2.75) is 6.54 Å². The number of rotatable bonds is 5. The number of pyridine rings is 1. The van der Waals surface area contributed by atoms with Crippen molar-refractivity contribution < 1.29 is 14.4 Å². The highest BCUT2D eigenvalue weighted by Crippen LogP contribution is 2.29. The van der Waals surface area contributed by atoms with Gasteiger partial charge in [0.2, 0.25) is 0 Å². The Balaban J connectivity index is 1.34. The van der Waals surface area contributed by atoms with Crippen LogP contribution in [0.15, 0.2) is 65.5 Å². The van der Waals surface area contributed by atoms with Gasteiger partial charge < -0.3 is 0 Å². The number of nitrogens with zero attached hydrogens (tertiary/aromatic N) is 3. The number of aromatic nitrogens is 2. The highest BCUT2D eigenvalue weighted by Gasteiger charge is 2.36. The summed E-state index contributed by atoms with van der Waals surface area (Å²) >= 11 is 2.90. The third-order valence-corrected chi connectivity index (χ3v) is 6.43. The lowest BCUT2D eigenvalue weighted by molar-refractivity contribution is 0.0640. The number of hydrogen-bond donors (Lipinski definition) is 1. The van der Waals surface area contributed by atoms with Crippen LogP contribution in [-0.2, 0) is 6.54 Å². The number of carbonyl (C=O) groups is 3. The summed E-state index contributed by atoms with van der Waals surface area (Å²) < 4.78 is 0. The van der Waals surface area contributed by atoms with Gasteiger partial charge in [0.15, 0.2) is 5.13 Å². The summed E-state index contributed by atoms with van der Waals surface area (Å²) in [5.74, 6) is -1.22. The first-order valence-electron chi connectivity index (χ1n) is 9.31. The van der Waals surface area contributed by atoms with Gasteiger partial charge in [-0.05, 0) is 41.8 Å². The lowest BCUT2D eigenvalue weighted by Gasteiger charge is -2.12. The second-order valence-electron chi connectivity index (χ2n) is 6.75. The van der Waals surface area contributed by atoms with Crippen LogP contribution in [0.3, 0.4) is 0 Å². The van der Waals surface area contributed by atoms with E-state index in [1.54, 1.807) is 35.7 Å². The first-order chi connectivity index (χ1) is 15.1. The van der Waals surface area contributed by atoms with Crippen LogP contribution in [0.2, 0.25) is 0 Å². The number of thiophene rings is 1. The van der Waals surface area contributed by atoms with Gasteiger partial charge in [0.25, 0.3) is 17.7 Å². The third-order valence-electron chi connectivity index (χ3n) is 4.78. The molecular formula is C22H14N4O3S2. The Bertz CT molecular complexity index is 1300. The molecule has 3 amide bonds. The van der Waals surface area contributed by atoms with Gasteiger partial charge in [-0.15, -0.1) is 22.7 Å². The Labute approximate surface area is 185 Å². The van der Waals surface area contributed by atoms with Gasteiger partial charge in [0, 0.05) is 17.1 Å². The fraction of sp³-hybridized carbons (Fsp3) is 0.0455. The molecule has 3 aromatic heterocycles. The summed E-state index contributed by atoms with van der Waals surface area (Å²) in [6.07, 6.45) is 1.61. The van der Waals surface area contributed by atoms with Crippen LogP contribution in [0.4, 0.5) is 5.13 Å². The summed E-state index contributed by atoms with van der Waals surface area (Å²) in [6, 6.07) is 13.7. The number of amides is 3. The van der Waals surface area contributed by atoms with Gasteiger partial charge >= 0.3 is 0 Å². The maximum atomic E-state index is 12.8. The van der Waals surface area contributed by atoms with Gasteiger partial charge in [-0.3, -0.25) is 29.6 Å². The summed E-state index contributed by atoms with van der Waals surface area (Å²) in [4.78, 5) is 49.0. The molecule has 4 aromatic rings. The average Bonchev–Trinajstić information content (AvgIpc) is 3.52. The molecule has 0 spiro atoms. The van der Waals surface area contributed by atoms with Gasteiger partial charge in [0.05, 0.1) is 33.9 Å². The van der Waals surface area contributed by atoms with E-state index in [-0.39, 0.29) is 23.2 Å². The maximum Gasteiger partial charge on any atom is 0.261 e. The number of nitrogens with one attached hydrogen (secondary N) is 1. The normalized spacial score (nSPS) is 12.8. The lowest BCUT2D eigenvalue weighted by atomic mass is 10.1. The Morgan fingerprint density at radius 3 is 2.65 bits per heavy atom. The molecule has 0 radical (unpaired) electrons. The Hall–Kier alpha value is -3.69. The van der Waals surface area contributed by atoms with Crippen molar-refractivity contribution in [3.8, 4) is 10.6 Å². The summed E-state index contributed by atoms with van der Waals surface area (Å²) in [6.45, 7) is 0.0827. The zero-order valence-corrected chi connectivity index (χ0v) is 17.6. The van der Waals surface area contributed by atoms with Crippen molar-refractivity contribution in [1.29, 1.82) is 0 Å². The number of anilines is 1. The smallest absolute Gasteiger partial charge is 0.261 e. The zero-order valence-electron chi connectivity index (χ0n) is 15.9. The van der Waals surface area contributed by atoms with Gasteiger partial charge in [0.1, 0.15) is 0 Å². The van der Waals surface area contributed by atoms with Crippen LogP contribution in [0.1, 0.15) is 36.8 Å². The molecule has 5 rings (SSSR count). The SMILES string of the molecule is O=C(Nc1nc(-c2cccs2)cs1)c1ccc2c(c1)C(=O)N(Cc1ccccn1)C2=O. The predicted molar refractivity (Wildman–Crippen MR) is 118 cm³/mol. The van der Waals surface area contributed by atoms with Crippen LogP contribution < -0.4 is 5.32 Å². The van der Waals surface area contributed by atoms with E-state index in [2.05, 4.69) is 15.3 Å². The quantitative estimate of drug-likeness (QED) is 0.461. The Kier molecular flexibility index (Phi) is 4.89. The third kappa shape index (κ3) is 3.65. The predicted octanol–water partition coefficient (Wildman–Crippen LogP) is 4.32. The fourth-order valence-electron chi connectivity index (χ4n) is 3.27. The van der Waals surface area contributed by atoms with Crippen molar-refractivity contribution >= 4 is 45.5 Å². The van der Waals surface area contributed by atoms with Crippen molar-refractivity contribution in [2.75, 3.05) is 5.32 Å². The van der Waals surface area contributed by atoms with E-state index in [1.807, 2.05) is 22.9 Å². The zero-order chi connectivity index (χ0) is 21.4. The molecule has 0 saturated carbocycles. The van der Waals surface area contributed by atoms with Crippen LogP contribution in [0, 0.1) is 0 Å². The molecule has 0 fully saturated rings. The average molecular weight is 447 g/mol. The molecule has 152 valence electrons. The number of thiazole rings is 1. The second kappa shape index (κ2) is 7.86. The number of fused-ring (bicyclic) bond motifs is 1. The minimum Gasteiger partial charge on any atom is -0.298 e. The molecule has 1 N–H and O–H groups in total. The molecule has 0 unspecified atom stereocenters. The minimum absolute atomic E-state index is 0.0827. The fourth-order valence-corrected chi connectivity index (χ4v) is 4.73. The molecule has 7 nitrogen and oxygen atoms in total. The molecule has 0 bridgehead atoms. The van der Waals surface area contributed by atoms with E-state index in [1.165, 1.54) is 29.5 Å². The number of hydrogen-bond acceptors (Lipinski definition) is 7. The highest BCUT2D eigenvalue weighted by molar-refractivity contribution is 7.16. The molecule has 4 heterocycles. The Morgan fingerprint density at radius 1 is 1.00 bits per heavy atom. The van der Waals surface area contributed by atoms with Gasteiger partial charge in [-0.1, -0.05) is 12.1 Å². The highest BCUT2D eigenvalue weighted by atomic mass is 32.1. The van der Waals surface area contributed by atoms with E-state index >= 15 is 0 Å². The van der Waals surface area contributed by atoms with Crippen molar-refractivity contribution in [3.63, 3.8) is 0 Å². The monoisotopic (exact) mass is 446 g/mol. The molecule has 1 aromatic carbocycles. The van der Waals surface area contributed by atoms with Crippen LogP contribution in [0.25, 0.3) is 10.6 Å². The van der Waals surface area contributed by atoms with Gasteiger partial charge in [-0.2, -0.15) is 0 Å². The standard InChI is InChI=1S/C22H14N4O3S2/c27-19(25-22-24-17(12-31-22)18-5-3-9-30-18)13-6-7-15-16(10-13)21(29)26(20(15)28)11-14-4-1-2-8-23-14/h1-10,12H,11H2,(H,24,25,27). The first-order valence-corrected chi connectivity index (χ1v) is 11.1. The number of carbonyl (C=O) groups excluding carboxylic acids is 3. The number of imide groups is 1. The molecule has 0 aliphatic carbocycles. The first kappa shape index (κ1) is 19.3. The molecular weight excluding hydrogens is 432 g/mol. The molecule has 0 atom stereocenters. The largest absolute Gasteiger partial charge is 0.298 e. The summed E-state index contributed by atoms with van der Waals surface area (Å²) in [5, 5.41) is 7.07.